The third kappa shape index (κ3) is 4.67. The van der Waals surface area contributed by atoms with Crippen LogP contribution in [-0.2, 0) is 22.4 Å². The van der Waals surface area contributed by atoms with Gasteiger partial charge in [-0.15, -0.1) is 0 Å². The van der Waals surface area contributed by atoms with Crippen molar-refractivity contribution in [1.82, 2.24) is 9.21 Å². The molecule has 1 aromatic rings. The Morgan fingerprint density at radius 1 is 0.885 bits per heavy atom. The minimum atomic E-state index is -5.12. The van der Waals surface area contributed by atoms with Gasteiger partial charge in [0.05, 0.1) is 22.6 Å². The molecule has 0 saturated carbocycles. The van der Waals surface area contributed by atoms with E-state index in [2.05, 4.69) is 0 Å². The monoisotopic (exact) mass is 406 g/mol. The lowest BCUT2D eigenvalue weighted by molar-refractivity contribution is -0.143. The fourth-order valence-corrected chi connectivity index (χ4v) is 4.05. The smallest absolute Gasteiger partial charge is 0.395 e. The summed E-state index contributed by atoms with van der Waals surface area (Å²) in [5, 5.41) is 8.85. The molecule has 0 unspecified atom stereocenters. The van der Waals surface area contributed by atoms with Crippen molar-refractivity contribution < 1.29 is 39.9 Å². The van der Waals surface area contributed by atoms with Crippen molar-refractivity contribution in [2.24, 2.45) is 0 Å². The van der Waals surface area contributed by atoms with Crippen LogP contribution in [0.3, 0.4) is 0 Å². The fraction of sp³-hybridized carbons (Fsp3) is 0.571. The van der Waals surface area contributed by atoms with Gasteiger partial charge >= 0.3 is 12.4 Å². The van der Waals surface area contributed by atoms with Crippen LogP contribution in [0, 0.1) is 0 Å². The summed E-state index contributed by atoms with van der Waals surface area (Å²) in [5.74, 6) is 0. The van der Waals surface area contributed by atoms with Crippen molar-refractivity contribution in [3.63, 3.8) is 0 Å². The highest BCUT2D eigenvalue weighted by atomic mass is 32.2. The average molecular weight is 406 g/mol. The molecular formula is C14H16F6N2O3S. The number of piperazine rings is 1. The normalized spacial score (nSPS) is 18.3. The van der Waals surface area contributed by atoms with Crippen molar-refractivity contribution >= 4 is 10.0 Å². The second kappa shape index (κ2) is 7.33. The molecule has 0 spiro atoms. The van der Waals surface area contributed by atoms with Gasteiger partial charge in [0.25, 0.3) is 0 Å². The zero-order valence-corrected chi connectivity index (χ0v) is 14.1. The number of aliphatic hydroxyl groups is 1. The highest BCUT2D eigenvalue weighted by Gasteiger charge is 2.39. The lowest BCUT2D eigenvalue weighted by atomic mass is 10.1. The molecule has 12 heteroatoms. The molecule has 1 N–H and O–H groups in total. The highest BCUT2D eigenvalue weighted by molar-refractivity contribution is 7.89. The molecule has 26 heavy (non-hydrogen) atoms. The molecule has 1 aliphatic rings. The van der Waals surface area contributed by atoms with Crippen molar-refractivity contribution in [3.8, 4) is 0 Å². The molecule has 1 fully saturated rings. The highest BCUT2D eigenvalue weighted by Crippen LogP contribution is 2.37. The van der Waals surface area contributed by atoms with E-state index < -0.39 is 38.4 Å². The van der Waals surface area contributed by atoms with E-state index in [1.54, 1.807) is 4.90 Å². The first kappa shape index (κ1) is 20.9. The van der Waals surface area contributed by atoms with Crippen LogP contribution in [0.2, 0.25) is 0 Å². The van der Waals surface area contributed by atoms with E-state index in [0.717, 1.165) is 4.31 Å². The van der Waals surface area contributed by atoms with E-state index in [1.807, 2.05) is 0 Å². The molecule has 0 aromatic heterocycles. The van der Waals surface area contributed by atoms with Crippen LogP contribution in [0.5, 0.6) is 0 Å². The number of halogens is 6. The Bertz CT molecular complexity index is 708. The summed E-state index contributed by atoms with van der Waals surface area (Å²) in [6, 6.07) is 0.313. The summed E-state index contributed by atoms with van der Waals surface area (Å²) in [6.45, 7) is 0.389. The molecule has 1 heterocycles. The Morgan fingerprint density at radius 2 is 1.35 bits per heavy atom. The SMILES string of the molecule is O=S(=O)(c1cc(C(F)(F)F)cc(C(F)(F)F)c1)N1CCN(CCO)CC1. The molecule has 1 aliphatic heterocycles. The summed E-state index contributed by atoms with van der Waals surface area (Å²) >= 11 is 0. The maximum absolute atomic E-state index is 12.9. The Balaban J connectivity index is 2.40. The summed E-state index contributed by atoms with van der Waals surface area (Å²) in [5.41, 5.74) is -3.35. The van der Waals surface area contributed by atoms with Crippen LogP contribution in [0.1, 0.15) is 11.1 Å². The molecule has 1 aromatic carbocycles. The summed E-state index contributed by atoms with van der Waals surface area (Å²) in [4.78, 5) is 0.689. The minimum absolute atomic E-state index is 0.0973. The van der Waals surface area contributed by atoms with E-state index in [9.17, 15) is 34.8 Å². The summed E-state index contributed by atoms with van der Waals surface area (Å²) in [7, 11) is -4.52. The number of hydrogen-bond acceptors (Lipinski definition) is 4. The minimum Gasteiger partial charge on any atom is -0.395 e. The third-order valence-corrected chi connectivity index (χ3v) is 5.82. The second-order valence-electron chi connectivity index (χ2n) is 5.71. The number of sulfonamides is 1. The largest absolute Gasteiger partial charge is 0.416 e. The first-order valence-corrected chi connectivity index (χ1v) is 8.92. The van der Waals surface area contributed by atoms with Crippen LogP contribution >= 0.6 is 0 Å². The standard InChI is InChI=1S/C14H16F6N2O3S/c15-13(16,17)10-7-11(14(18,19)20)9-12(8-10)26(24,25)22-3-1-21(2-4-22)5-6-23/h7-9,23H,1-6H2. The molecule has 0 amide bonds. The van der Waals surface area contributed by atoms with Gasteiger partial charge in [0.1, 0.15) is 0 Å². The van der Waals surface area contributed by atoms with Crippen molar-refractivity contribution in [2.75, 3.05) is 39.3 Å². The summed E-state index contributed by atoms with van der Waals surface area (Å²) in [6.07, 6.45) is -10.2. The van der Waals surface area contributed by atoms with E-state index in [4.69, 9.17) is 5.11 Å². The van der Waals surface area contributed by atoms with Crippen LogP contribution in [0.25, 0.3) is 0 Å². The lowest BCUT2D eigenvalue weighted by Gasteiger charge is -2.33. The zero-order chi connectivity index (χ0) is 19.8. The molecule has 0 atom stereocenters. The van der Waals surface area contributed by atoms with E-state index in [0.29, 0.717) is 6.54 Å². The van der Waals surface area contributed by atoms with Gasteiger partial charge in [-0.1, -0.05) is 0 Å². The maximum atomic E-state index is 12.9. The van der Waals surface area contributed by atoms with Gasteiger partial charge in [0.2, 0.25) is 10.0 Å². The quantitative estimate of drug-likeness (QED) is 0.778. The average Bonchev–Trinajstić information content (AvgIpc) is 2.53. The molecule has 1 saturated heterocycles. The van der Waals surface area contributed by atoms with Gasteiger partial charge in [-0.3, -0.25) is 4.90 Å². The van der Waals surface area contributed by atoms with Crippen LogP contribution in [-0.4, -0.2) is 62.1 Å². The number of rotatable bonds is 4. The predicted octanol–water partition coefficient (Wildman–Crippen LogP) is 2.02. The molecular weight excluding hydrogens is 390 g/mol. The Kier molecular flexibility index (Phi) is 5.90. The first-order valence-electron chi connectivity index (χ1n) is 7.48. The van der Waals surface area contributed by atoms with Gasteiger partial charge < -0.3 is 5.11 Å². The van der Waals surface area contributed by atoms with Gasteiger partial charge in [-0.05, 0) is 18.2 Å². The first-order chi connectivity index (χ1) is 11.9. The Hall–Kier alpha value is -1.37. The zero-order valence-electron chi connectivity index (χ0n) is 13.3. The number of alkyl halides is 6. The third-order valence-electron chi connectivity index (χ3n) is 3.95. The van der Waals surface area contributed by atoms with Crippen LogP contribution < -0.4 is 0 Å². The van der Waals surface area contributed by atoms with Crippen molar-refractivity contribution in [3.05, 3.63) is 29.3 Å². The van der Waals surface area contributed by atoms with Gasteiger partial charge in [0.15, 0.2) is 0 Å². The Labute approximate surface area is 145 Å². The fourth-order valence-electron chi connectivity index (χ4n) is 2.56. The maximum Gasteiger partial charge on any atom is 0.416 e. The van der Waals surface area contributed by atoms with Gasteiger partial charge in [0, 0.05) is 32.7 Å². The predicted molar refractivity (Wildman–Crippen MR) is 78.7 cm³/mol. The van der Waals surface area contributed by atoms with E-state index in [-0.39, 0.29) is 51.0 Å². The molecule has 5 nitrogen and oxygen atoms in total. The molecule has 0 bridgehead atoms. The van der Waals surface area contributed by atoms with E-state index in [1.165, 1.54) is 0 Å². The van der Waals surface area contributed by atoms with Crippen LogP contribution in [0.15, 0.2) is 23.1 Å². The van der Waals surface area contributed by atoms with E-state index >= 15 is 0 Å². The van der Waals surface area contributed by atoms with Crippen LogP contribution in [0.4, 0.5) is 26.3 Å². The molecule has 2 rings (SSSR count). The summed E-state index contributed by atoms with van der Waals surface area (Å²) < 4.78 is 103. The lowest BCUT2D eigenvalue weighted by Crippen LogP contribution is -2.49. The molecule has 148 valence electrons. The number of β-amino-alcohol motifs (C(OH)–C–C–N with tert-alkyl or cyclic N) is 1. The van der Waals surface area contributed by atoms with Crippen molar-refractivity contribution in [1.29, 1.82) is 0 Å². The number of aliphatic hydroxyl groups excluding tert-OH is 1. The topological polar surface area (TPSA) is 60.9 Å². The second-order valence-corrected chi connectivity index (χ2v) is 7.65. The van der Waals surface area contributed by atoms with Gasteiger partial charge in [-0.25, -0.2) is 8.42 Å². The number of hydrogen-bond donors (Lipinski definition) is 1. The molecule has 0 radical (unpaired) electrons. The Morgan fingerprint density at radius 3 is 1.73 bits per heavy atom. The van der Waals surface area contributed by atoms with Crippen molar-refractivity contribution in [2.45, 2.75) is 17.2 Å². The number of nitrogens with zero attached hydrogens (tertiary/aromatic N) is 2. The number of benzene rings is 1. The van der Waals surface area contributed by atoms with Gasteiger partial charge in [-0.2, -0.15) is 30.6 Å². The molecule has 0 aliphatic carbocycles.